The van der Waals surface area contributed by atoms with Crippen LogP contribution < -0.4 is 10.6 Å². The first-order valence-corrected chi connectivity index (χ1v) is 7.07. The summed E-state index contributed by atoms with van der Waals surface area (Å²) >= 11 is 0. The Kier molecular flexibility index (Phi) is 3.60. The molecule has 0 amide bonds. The predicted molar refractivity (Wildman–Crippen MR) is 78.2 cm³/mol. The van der Waals surface area contributed by atoms with E-state index in [2.05, 4.69) is 33.3 Å². The molecule has 100 valence electrons. The van der Waals surface area contributed by atoms with Crippen LogP contribution in [0.15, 0.2) is 30.5 Å². The average molecular weight is 256 g/mol. The quantitative estimate of drug-likeness (QED) is 0.912. The van der Waals surface area contributed by atoms with Gasteiger partial charge in [0.1, 0.15) is 0 Å². The lowest BCUT2D eigenvalue weighted by Gasteiger charge is -2.30. The molecule has 0 aliphatic heterocycles. The summed E-state index contributed by atoms with van der Waals surface area (Å²) in [7, 11) is 0. The van der Waals surface area contributed by atoms with E-state index in [0.717, 1.165) is 17.7 Å². The molecule has 1 aromatic carbocycles. The maximum atomic E-state index is 5.79. The number of rotatable bonds is 4. The highest BCUT2D eigenvalue weighted by molar-refractivity contribution is 5.91. The van der Waals surface area contributed by atoms with Crippen molar-refractivity contribution in [3.63, 3.8) is 0 Å². The Bertz CT molecular complexity index is 543. The van der Waals surface area contributed by atoms with Crippen molar-refractivity contribution in [2.24, 2.45) is 5.73 Å². The molecular weight excluding hydrogens is 236 g/mol. The molecule has 1 aliphatic rings. The molecule has 0 atom stereocenters. The van der Waals surface area contributed by atoms with Gasteiger partial charge in [-0.2, -0.15) is 5.10 Å². The predicted octanol–water partition coefficient (Wildman–Crippen LogP) is 2.34. The van der Waals surface area contributed by atoms with Crippen LogP contribution in [0.2, 0.25) is 0 Å². The van der Waals surface area contributed by atoms with Crippen molar-refractivity contribution in [1.29, 1.82) is 0 Å². The van der Waals surface area contributed by atoms with Gasteiger partial charge in [0.25, 0.3) is 0 Å². The standard InChI is InChI=1S/C15H20N4/c16-9-10-19(13-6-2-3-7-13)15-14-8-4-1-5-12(14)11-17-18-15/h1,4-5,8,11,13H,2-3,6-7,9-10,16H2. The minimum Gasteiger partial charge on any atom is -0.350 e. The number of hydrogen-bond donors (Lipinski definition) is 1. The summed E-state index contributed by atoms with van der Waals surface area (Å²) in [5.41, 5.74) is 5.79. The van der Waals surface area contributed by atoms with E-state index in [0.29, 0.717) is 12.6 Å². The van der Waals surface area contributed by atoms with Crippen LogP contribution in [-0.2, 0) is 0 Å². The monoisotopic (exact) mass is 256 g/mol. The molecule has 1 fully saturated rings. The average Bonchev–Trinajstić information content (AvgIpc) is 2.98. The Morgan fingerprint density at radius 1 is 1.21 bits per heavy atom. The van der Waals surface area contributed by atoms with Crippen molar-refractivity contribution in [2.45, 2.75) is 31.7 Å². The fraction of sp³-hybridized carbons (Fsp3) is 0.467. The van der Waals surface area contributed by atoms with Gasteiger partial charge >= 0.3 is 0 Å². The summed E-state index contributed by atoms with van der Waals surface area (Å²) in [4.78, 5) is 2.36. The summed E-state index contributed by atoms with van der Waals surface area (Å²) < 4.78 is 0. The van der Waals surface area contributed by atoms with E-state index < -0.39 is 0 Å². The van der Waals surface area contributed by atoms with Crippen LogP contribution in [0.4, 0.5) is 5.82 Å². The lowest BCUT2D eigenvalue weighted by Crippen LogP contribution is -2.38. The minimum absolute atomic E-state index is 0.573. The van der Waals surface area contributed by atoms with Gasteiger partial charge in [-0.3, -0.25) is 0 Å². The second-order valence-corrected chi connectivity index (χ2v) is 5.18. The molecule has 0 radical (unpaired) electrons. The summed E-state index contributed by atoms with van der Waals surface area (Å²) in [6.07, 6.45) is 6.93. The molecule has 3 rings (SSSR count). The number of hydrogen-bond acceptors (Lipinski definition) is 4. The van der Waals surface area contributed by atoms with Crippen LogP contribution >= 0.6 is 0 Å². The SMILES string of the molecule is NCCN(c1nncc2ccccc12)C1CCCC1. The molecule has 2 aromatic rings. The maximum absolute atomic E-state index is 5.79. The zero-order valence-electron chi connectivity index (χ0n) is 11.1. The van der Waals surface area contributed by atoms with E-state index in [-0.39, 0.29) is 0 Å². The van der Waals surface area contributed by atoms with Gasteiger partial charge in [-0.05, 0) is 12.8 Å². The van der Waals surface area contributed by atoms with E-state index in [1.807, 2.05) is 12.3 Å². The van der Waals surface area contributed by atoms with Gasteiger partial charge in [0.05, 0.1) is 6.20 Å². The summed E-state index contributed by atoms with van der Waals surface area (Å²) in [6.45, 7) is 1.51. The molecule has 0 unspecified atom stereocenters. The fourth-order valence-corrected chi connectivity index (χ4v) is 3.04. The summed E-state index contributed by atoms with van der Waals surface area (Å²) in [5.74, 6) is 0.996. The molecule has 0 bridgehead atoms. The molecular formula is C15H20N4. The van der Waals surface area contributed by atoms with Gasteiger partial charge in [-0.15, -0.1) is 5.10 Å². The normalized spacial score (nSPS) is 16.1. The first kappa shape index (κ1) is 12.4. The molecule has 1 aliphatic carbocycles. The molecule has 0 spiro atoms. The Morgan fingerprint density at radius 2 is 2.00 bits per heavy atom. The molecule has 0 saturated heterocycles. The van der Waals surface area contributed by atoms with Gasteiger partial charge in [-0.25, -0.2) is 0 Å². The number of benzene rings is 1. The third kappa shape index (κ3) is 2.40. The van der Waals surface area contributed by atoms with Crippen molar-refractivity contribution in [1.82, 2.24) is 10.2 Å². The van der Waals surface area contributed by atoms with E-state index >= 15 is 0 Å². The van der Waals surface area contributed by atoms with Crippen molar-refractivity contribution in [3.8, 4) is 0 Å². The molecule has 1 saturated carbocycles. The van der Waals surface area contributed by atoms with Crippen LogP contribution in [0.5, 0.6) is 0 Å². The Balaban J connectivity index is 2.03. The van der Waals surface area contributed by atoms with Crippen molar-refractivity contribution in [2.75, 3.05) is 18.0 Å². The Hall–Kier alpha value is -1.68. The molecule has 1 aromatic heterocycles. The lowest BCUT2D eigenvalue weighted by atomic mass is 10.1. The highest BCUT2D eigenvalue weighted by Gasteiger charge is 2.24. The van der Waals surface area contributed by atoms with Crippen LogP contribution in [0, 0.1) is 0 Å². The van der Waals surface area contributed by atoms with E-state index in [1.54, 1.807) is 0 Å². The summed E-state index contributed by atoms with van der Waals surface area (Å²) in [5, 5.41) is 10.9. The van der Waals surface area contributed by atoms with Crippen LogP contribution in [-0.4, -0.2) is 29.3 Å². The van der Waals surface area contributed by atoms with Gasteiger partial charge in [0.15, 0.2) is 5.82 Å². The smallest absolute Gasteiger partial charge is 0.159 e. The molecule has 19 heavy (non-hydrogen) atoms. The van der Waals surface area contributed by atoms with E-state index in [1.165, 1.54) is 31.1 Å². The minimum atomic E-state index is 0.573. The van der Waals surface area contributed by atoms with E-state index in [4.69, 9.17) is 5.73 Å². The van der Waals surface area contributed by atoms with E-state index in [9.17, 15) is 0 Å². The first-order valence-electron chi connectivity index (χ1n) is 7.07. The van der Waals surface area contributed by atoms with Gasteiger partial charge < -0.3 is 10.6 Å². The number of nitrogens with two attached hydrogens (primary N) is 1. The molecule has 4 nitrogen and oxygen atoms in total. The first-order chi connectivity index (χ1) is 9.40. The lowest BCUT2D eigenvalue weighted by molar-refractivity contribution is 0.601. The zero-order chi connectivity index (χ0) is 13.1. The fourth-order valence-electron chi connectivity index (χ4n) is 3.04. The molecule has 1 heterocycles. The number of nitrogens with zero attached hydrogens (tertiary/aromatic N) is 3. The topological polar surface area (TPSA) is 55.0 Å². The molecule has 2 N–H and O–H groups in total. The van der Waals surface area contributed by atoms with Gasteiger partial charge in [-0.1, -0.05) is 37.1 Å². The molecule has 4 heteroatoms. The number of fused-ring (bicyclic) bond motifs is 1. The zero-order valence-corrected chi connectivity index (χ0v) is 11.1. The maximum Gasteiger partial charge on any atom is 0.159 e. The van der Waals surface area contributed by atoms with Gasteiger partial charge in [0, 0.05) is 29.9 Å². The third-order valence-corrected chi connectivity index (χ3v) is 3.96. The van der Waals surface area contributed by atoms with Gasteiger partial charge in [0.2, 0.25) is 0 Å². The van der Waals surface area contributed by atoms with Crippen LogP contribution in [0.1, 0.15) is 25.7 Å². The summed E-state index contributed by atoms with van der Waals surface area (Å²) in [6, 6.07) is 8.88. The second kappa shape index (κ2) is 5.53. The van der Waals surface area contributed by atoms with Crippen LogP contribution in [0.25, 0.3) is 10.8 Å². The van der Waals surface area contributed by atoms with Crippen LogP contribution in [0.3, 0.4) is 0 Å². The highest BCUT2D eigenvalue weighted by Crippen LogP contribution is 2.30. The third-order valence-electron chi connectivity index (χ3n) is 3.96. The van der Waals surface area contributed by atoms with Crippen molar-refractivity contribution >= 4 is 16.6 Å². The van der Waals surface area contributed by atoms with Crippen molar-refractivity contribution in [3.05, 3.63) is 30.5 Å². The Morgan fingerprint density at radius 3 is 2.79 bits per heavy atom. The Labute approximate surface area is 113 Å². The second-order valence-electron chi connectivity index (χ2n) is 5.18. The highest BCUT2D eigenvalue weighted by atomic mass is 15.3. The number of anilines is 1. The number of aromatic nitrogens is 2. The largest absolute Gasteiger partial charge is 0.350 e. The van der Waals surface area contributed by atoms with Crippen molar-refractivity contribution < 1.29 is 0 Å².